The molecule has 2 aromatic rings. The summed E-state index contributed by atoms with van der Waals surface area (Å²) >= 11 is 0. The Balaban J connectivity index is 2.15. The predicted octanol–water partition coefficient (Wildman–Crippen LogP) is 1.92. The van der Waals surface area contributed by atoms with Gasteiger partial charge in [-0.2, -0.15) is 0 Å². The minimum absolute atomic E-state index is 0.105. The van der Waals surface area contributed by atoms with Crippen molar-refractivity contribution >= 4 is 11.6 Å². The lowest BCUT2D eigenvalue weighted by Gasteiger charge is -2.14. The number of hydrogen-bond donors (Lipinski definition) is 2. The fourth-order valence-electron chi connectivity index (χ4n) is 2.37. The number of nitrogens with one attached hydrogen (secondary N) is 1. The molecule has 1 atom stereocenters. The highest BCUT2D eigenvalue weighted by atomic mass is 16.6. The molecule has 0 aliphatic carbocycles. The standard InChI is InChI=1S/C16H20N4O4/c1-11(2)7-13(21)9-18-16(22)12-3-4-14(15(8-12)20(23)24)19-6-5-17-10-19/h3-6,8,10-11,13,21H,7,9H2,1-2H3,(H,18,22). The van der Waals surface area contributed by atoms with E-state index in [1.54, 1.807) is 6.20 Å². The Labute approximate surface area is 139 Å². The van der Waals surface area contributed by atoms with Gasteiger partial charge in [0.25, 0.3) is 11.6 Å². The fourth-order valence-corrected chi connectivity index (χ4v) is 2.37. The number of nitro benzene ring substituents is 1. The van der Waals surface area contributed by atoms with Crippen molar-refractivity contribution in [3.8, 4) is 5.69 Å². The van der Waals surface area contributed by atoms with E-state index in [4.69, 9.17) is 0 Å². The van der Waals surface area contributed by atoms with Crippen LogP contribution in [-0.2, 0) is 0 Å². The summed E-state index contributed by atoms with van der Waals surface area (Å²) in [5, 5.41) is 23.7. The number of aliphatic hydroxyl groups excluding tert-OH is 1. The number of aliphatic hydroxyl groups is 1. The van der Waals surface area contributed by atoms with Crippen LogP contribution in [0.3, 0.4) is 0 Å². The van der Waals surface area contributed by atoms with Crippen molar-refractivity contribution in [3.63, 3.8) is 0 Å². The molecule has 1 unspecified atom stereocenters. The maximum absolute atomic E-state index is 12.1. The number of benzene rings is 1. The molecule has 128 valence electrons. The van der Waals surface area contributed by atoms with Crippen molar-refractivity contribution in [1.29, 1.82) is 0 Å². The van der Waals surface area contributed by atoms with Crippen LogP contribution in [0.15, 0.2) is 36.9 Å². The van der Waals surface area contributed by atoms with Crippen LogP contribution in [0.5, 0.6) is 0 Å². The Morgan fingerprint density at radius 2 is 2.21 bits per heavy atom. The fraction of sp³-hybridized carbons (Fsp3) is 0.375. The zero-order chi connectivity index (χ0) is 17.7. The molecule has 8 heteroatoms. The summed E-state index contributed by atoms with van der Waals surface area (Å²) in [6.07, 6.45) is 4.48. The first-order valence-electron chi connectivity index (χ1n) is 7.61. The average Bonchev–Trinajstić information content (AvgIpc) is 3.05. The Kier molecular flexibility index (Phi) is 5.64. The van der Waals surface area contributed by atoms with Crippen LogP contribution in [0.4, 0.5) is 5.69 Å². The van der Waals surface area contributed by atoms with Crippen LogP contribution in [0.1, 0.15) is 30.6 Å². The quantitative estimate of drug-likeness (QED) is 0.594. The van der Waals surface area contributed by atoms with Gasteiger partial charge >= 0.3 is 0 Å². The second-order valence-electron chi connectivity index (χ2n) is 5.92. The second kappa shape index (κ2) is 7.69. The van der Waals surface area contributed by atoms with Crippen molar-refractivity contribution in [2.45, 2.75) is 26.4 Å². The molecule has 1 aromatic carbocycles. The lowest BCUT2D eigenvalue weighted by atomic mass is 10.1. The molecule has 1 heterocycles. The summed E-state index contributed by atoms with van der Waals surface area (Å²) in [5.74, 6) is -0.148. The van der Waals surface area contributed by atoms with E-state index in [-0.39, 0.29) is 17.8 Å². The highest BCUT2D eigenvalue weighted by Crippen LogP contribution is 2.24. The molecular formula is C16H20N4O4. The number of carbonyl (C=O) groups is 1. The number of hydrogen-bond acceptors (Lipinski definition) is 5. The first-order chi connectivity index (χ1) is 11.4. The molecule has 2 N–H and O–H groups in total. The van der Waals surface area contributed by atoms with Gasteiger partial charge < -0.3 is 15.0 Å². The molecular weight excluding hydrogens is 312 g/mol. The summed E-state index contributed by atoms with van der Waals surface area (Å²) in [5.41, 5.74) is 0.305. The van der Waals surface area contributed by atoms with E-state index >= 15 is 0 Å². The maximum Gasteiger partial charge on any atom is 0.294 e. The average molecular weight is 332 g/mol. The molecule has 1 amide bonds. The minimum atomic E-state index is -0.644. The van der Waals surface area contributed by atoms with Crippen LogP contribution in [0, 0.1) is 16.0 Å². The van der Waals surface area contributed by atoms with Gasteiger partial charge in [-0.3, -0.25) is 14.9 Å². The first kappa shape index (κ1) is 17.6. The largest absolute Gasteiger partial charge is 0.391 e. The van der Waals surface area contributed by atoms with Crippen molar-refractivity contribution in [1.82, 2.24) is 14.9 Å². The molecule has 0 aliphatic rings. The summed E-state index contributed by atoms with van der Waals surface area (Å²) in [6, 6.07) is 4.23. The third-order valence-corrected chi connectivity index (χ3v) is 3.46. The van der Waals surface area contributed by atoms with Crippen LogP contribution in [0.25, 0.3) is 5.69 Å². The zero-order valence-electron chi connectivity index (χ0n) is 13.5. The van der Waals surface area contributed by atoms with Gasteiger partial charge in [0.1, 0.15) is 5.69 Å². The SMILES string of the molecule is CC(C)CC(O)CNC(=O)c1ccc(-n2ccnc2)c([N+](=O)[O-])c1. The molecule has 0 aliphatic heterocycles. The predicted molar refractivity (Wildman–Crippen MR) is 88.0 cm³/mol. The van der Waals surface area contributed by atoms with Gasteiger partial charge in [-0.05, 0) is 24.5 Å². The molecule has 1 aromatic heterocycles. The molecule has 0 spiro atoms. The summed E-state index contributed by atoms with van der Waals surface area (Å²) < 4.78 is 1.51. The van der Waals surface area contributed by atoms with Gasteiger partial charge in [0.15, 0.2) is 0 Å². The Morgan fingerprint density at radius 1 is 1.46 bits per heavy atom. The number of nitro groups is 1. The van der Waals surface area contributed by atoms with E-state index in [1.807, 2.05) is 13.8 Å². The number of imidazole rings is 1. The Morgan fingerprint density at radius 3 is 2.79 bits per heavy atom. The van der Waals surface area contributed by atoms with E-state index in [0.29, 0.717) is 18.0 Å². The smallest absolute Gasteiger partial charge is 0.294 e. The van der Waals surface area contributed by atoms with Gasteiger partial charge in [0.2, 0.25) is 0 Å². The van der Waals surface area contributed by atoms with Crippen molar-refractivity contribution in [2.75, 3.05) is 6.54 Å². The van der Waals surface area contributed by atoms with Gasteiger partial charge in [-0.1, -0.05) is 13.8 Å². The lowest BCUT2D eigenvalue weighted by Crippen LogP contribution is -2.32. The van der Waals surface area contributed by atoms with Crippen molar-refractivity contribution in [2.24, 2.45) is 5.92 Å². The van der Waals surface area contributed by atoms with E-state index < -0.39 is 16.9 Å². The molecule has 0 saturated carbocycles. The number of carbonyl (C=O) groups excluding carboxylic acids is 1. The zero-order valence-corrected chi connectivity index (χ0v) is 13.5. The summed E-state index contributed by atoms with van der Waals surface area (Å²) in [6.45, 7) is 4.06. The van der Waals surface area contributed by atoms with Crippen LogP contribution < -0.4 is 5.32 Å². The molecule has 2 rings (SSSR count). The monoisotopic (exact) mass is 332 g/mol. The molecule has 0 radical (unpaired) electrons. The van der Waals surface area contributed by atoms with Crippen LogP contribution in [-0.4, -0.2) is 38.1 Å². The van der Waals surface area contributed by atoms with E-state index in [1.165, 1.54) is 35.3 Å². The second-order valence-corrected chi connectivity index (χ2v) is 5.92. The molecule has 8 nitrogen and oxygen atoms in total. The molecule has 0 bridgehead atoms. The van der Waals surface area contributed by atoms with Gasteiger partial charge in [0.05, 0.1) is 17.4 Å². The maximum atomic E-state index is 12.1. The summed E-state index contributed by atoms with van der Waals surface area (Å²) in [7, 11) is 0. The number of amides is 1. The normalized spacial score (nSPS) is 12.2. The highest BCUT2D eigenvalue weighted by Gasteiger charge is 2.19. The van der Waals surface area contributed by atoms with E-state index in [9.17, 15) is 20.0 Å². The van der Waals surface area contributed by atoms with Crippen molar-refractivity contribution in [3.05, 3.63) is 52.6 Å². The Bertz CT molecular complexity index is 713. The van der Waals surface area contributed by atoms with E-state index in [2.05, 4.69) is 10.3 Å². The third-order valence-electron chi connectivity index (χ3n) is 3.46. The highest BCUT2D eigenvalue weighted by molar-refractivity contribution is 5.95. The third kappa shape index (κ3) is 4.39. The first-order valence-corrected chi connectivity index (χ1v) is 7.61. The van der Waals surface area contributed by atoms with E-state index in [0.717, 1.165) is 0 Å². The molecule has 0 fully saturated rings. The number of rotatable bonds is 7. The van der Waals surface area contributed by atoms with Gasteiger partial charge in [0, 0.05) is 30.6 Å². The van der Waals surface area contributed by atoms with Gasteiger partial charge in [-0.15, -0.1) is 0 Å². The number of nitrogens with zero attached hydrogens (tertiary/aromatic N) is 3. The van der Waals surface area contributed by atoms with Crippen LogP contribution >= 0.6 is 0 Å². The number of aromatic nitrogens is 2. The van der Waals surface area contributed by atoms with Crippen LogP contribution in [0.2, 0.25) is 0 Å². The minimum Gasteiger partial charge on any atom is -0.391 e. The van der Waals surface area contributed by atoms with Crippen molar-refractivity contribution < 1.29 is 14.8 Å². The lowest BCUT2D eigenvalue weighted by molar-refractivity contribution is -0.384. The summed E-state index contributed by atoms with van der Waals surface area (Å²) in [4.78, 5) is 26.7. The Hall–Kier alpha value is -2.74. The topological polar surface area (TPSA) is 110 Å². The molecule has 24 heavy (non-hydrogen) atoms. The molecule has 0 saturated heterocycles. The van der Waals surface area contributed by atoms with Gasteiger partial charge in [-0.25, -0.2) is 4.98 Å².